The maximum absolute atomic E-state index is 2.38. The fourth-order valence-electron chi connectivity index (χ4n) is 9.62. The second kappa shape index (κ2) is 14.4. The van der Waals surface area contributed by atoms with Crippen LogP contribution >= 0.6 is 0 Å². The van der Waals surface area contributed by atoms with Gasteiger partial charge >= 0.3 is 0 Å². The summed E-state index contributed by atoms with van der Waals surface area (Å²) in [5.74, 6) is 0. The van der Waals surface area contributed by atoms with Crippen LogP contribution in [0.3, 0.4) is 0 Å². The molecule has 1 nitrogen and oxygen atoms in total. The number of anilines is 3. The molecule has 12 rings (SSSR count). The first kappa shape index (κ1) is 35.0. The molecule has 0 amide bonds. The molecule has 0 bridgehead atoms. The van der Waals surface area contributed by atoms with Gasteiger partial charge < -0.3 is 4.90 Å². The Labute approximate surface area is 356 Å². The van der Waals surface area contributed by atoms with Crippen LogP contribution in [0.25, 0.3) is 99.1 Å². The van der Waals surface area contributed by atoms with Crippen LogP contribution in [0.5, 0.6) is 0 Å². The van der Waals surface area contributed by atoms with Crippen LogP contribution in [0.4, 0.5) is 17.1 Å². The maximum Gasteiger partial charge on any atom is 0.0467 e. The molecule has 1 heteroatoms. The molecule has 11 aromatic rings. The Balaban J connectivity index is 0.908. The van der Waals surface area contributed by atoms with Gasteiger partial charge in [-0.05, 0) is 148 Å². The number of fused-ring (bicyclic) bond motifs is 6. The Hall–Kier alpha value is -8.00. The molecule has 0 spiro atoms. The molecule has 1 aliphatic carbocycles. The zero-order valence-electron chi connectivity index (χ0n) is 33.5. The highest BCUT2D eigenvalue weighted by molar-refractivity contribution is 6.18. The molecule has 0 aliphatic heterocycles. The standard InChI is InChI=1S/C60H39N/c1-3-11-40(12-4-1)44-15-9-16-51(39-44)61(50-31-25-43(26-32-50)52-35-36-59-56-18-8-7-17-55(56)58-20-10-19-57(52)60(58)59)49-29-23-42(24-30-49)46-28-34-54-48(38-46)22-21-47-37-45(27-33-53(47)54)41-13-5-2-6-14-41/h1-39H. The van der Waals surface area contributed by atoms with E-state index < -0.39 is 0 Å². The summed E-state index contributed by atoms with van der Waals surface area (Å²) in [6, 6.07) is 86.6. The zero-order valence-corrected chi connectivity index (χ0v) is 33.5. The minimum atomic E-state index is 1.10. The van der Waals surface area contributed by atoms with Gasteiger partial charge in [-0.3, -0.25) is 0 Å². The van der Waals surface area contributed by atoms with Crippen molar-refractivity contribution in [3.8, 4) is 66.8 Å². The third kappa shape index (κ3) is 6.02. The third-order valence-electron chi connectivity index (χ3n) is 12.6. The van der Waals surface area contributed by atoms with E-state index in [0.717, 1.165) is 17.1 Å². The number of hydrogen-bond donors (Lipinski definition) is 0. The van der Waals surface area contributed by atoms with Gasteiger partial charge in [0.1, 0.15) is 0 Å². The highest BCUT2D eigenvalue weighted by Crippen LogP contribution is 2.49. The summed E-state index contributed by atoms with van der Waals surface area (Å²) >= 11 is 0. The smallest absolute Gasteiger partial charge is 0.0467 e. The summed E-state index contributed by atoms with van der Waals surface area (Å²) < 4.78 is 0. The Morgan fingerprint density at radius 3 is 1.26 bits per heavy atom. The topological polar surface area (TPSA) is 3.24 Å². The Morgan fingerprint density at radius 2 is 0.656 bits per heavy atom. The Kier molecular flexibility index (Phi) is 8.25. The van der Waals surface area contributed by atoms with Crippen molar-refractivity contribution in [2.45, 2.75) is 0 Å². The Morgan fingerprint density at radius 1 is 0.213 bits per heavy atom. The summed E-state index contributed by atoms with van der Waals surface area (Å²) in [6.07, 6.45) is 0. The first-order valence-corrected chi connectivity index (χ1v) is 21.1. The van der Waals surface area contributed by atoms with Crippen LogP contribution in [-0.4, -0.2) is 0 Å². The summed E-state index contributed by atoms with van der Waals surface area (Å²) in [4.78, 5) is 2.38. The molecule has 0 N–H and O–H groups in total. The average molecular weight is 774 g/mol. The van der Waals surface area contributed by atoms with E-state index in [-0.39, 0.29) is 0 Å². The van der Waals surface area contributed by atoms with Crippen molar-refractivity contribution in [3.63, 3.8) is 0 Å². The molecule has 0 saturated carbocycles. The molecular formula is C60H39N. The summed E-state index contributed by atoms with van der Waals surface area (Å²) in [6.45, 7) is 0. The second-order valence-electron chi connectivity index (χ2n) is 16.1. The fourth-order valence-corrected chi connectivity index (χ4v) is 9.62. The van der Waals surface area contributed by atoms with Gasteiger partial charge in [0.2, 0.25) is 0 Å². The fraction of sp³-hybridized carbons (Fsp3) is 0. The van der Waals surface area contributed by atoms with Crippen molar-refractivity contribution >= 4 is 49.4 Å². The van der Waals surface area contributed by atoms with E-state index in [2.05, 4.69) is 241 Å². The average Bonchev–Trinajstić information content (AvgIpc) is 3.67. The van der Waals surface area contributed by atoms with E-state index in [9.17, 15) is 0 Å². The predicted octanol–water partition coefficient (Wildman–Crippen LogP) is 16.9. The monoisotopic (exact) mass is 773 g/mol. The van der Waals surface area contributed by atoms with Gasteiger partial charge in [0.05, 0.1) is 0 Å². The van der Waals surface area contributed by atoms with Crippen LogP contribution in [0.1, 0.15) is 0 Å². The van der Waals surface area contributed by atoms with Crippen molar-refractivity contribution in [3.05, 3.63) is 237 Å². The number of benzene rings is 11. The van der Waals surface area contributed by atoms with Crippen LogP contribution < -0.4 is 4.90 Å². The molecule has 0 radical (unpaired) electrons. The van der Waals surface area contributed by atoms with Crippen LogP contribution in [0.2, 0.25) is 0 Å². The van der Waals surface area contributed by atoms with Gasteiger partial charge in [0.15, 0.2) is 0 Å². The van der Waals surface area contributed by atoms with Crippen molar-refractivity contribution in [1.82, 2.24) is 0 Å². The summed E-state index contributed by atoms with van der Waals surface area (Å²) in [7, 11) is 0. The van der Waals surface area contributed by atoms with Gasteiger partial charge in [-0.15, -0.1) is 0 Å². The van der Waals surface area contributed by atoms with Gasteiger partial charge in [-0.1, -0.05) is 188 Å². The lowest BCUT2D eigenvalue weighted by atomic mass is 9.94. The van der Waals surface area contributed by atoms with E-state index in [0.29, 0.717) is 0 Å². The SMILES string of the molecule is c1ccc(-c2cccc(N(c3ccc(-c4ccc5c(ccc6cc(-c7ccccc7)ccc65)c4)cc3)c3ccc(-c4ccc5c6c(cccc46)-c4ccccc4-5)cc3)c2)cc1. The van der Waals surface area contributed by atoms with Crippen molar-refractivity contribution in [1.29, 1.82) is 0 Å². The molecule has 0 aromatic heterocycles. The Bertz CT molecular complexity index is 3410. The molecular weight excluding hydrogens is 735 g/mol. The number of hydrogen-bond acceptors (Lipinski definition) is 1. The molecule has 11 aromatic carbocycles. The highest BCUT2D eigenvalue weighted by Gasteiger charge is 2.22. The summed E-state index contributed by atoms with van der Waals surface area (Å²) in [5, 5.41) is 7.69. The number of rotatable bonds is 7. The van der Waals surface area contributed by atoms with Gasteiger partial charge in [0, 0.05) is 17.1 Å². The molecule has 1 aliphatic rings. The molecule has 0 heterocycles. The van der Waals surface area contributed by atoms with E-state index >= 15 is 0 Å². The predicted molar refractivity (Wildman–Crippen MR) is 260 cm³/mol. The minimum absolute atomic E-state index is 1.10. The maximum atomic E-state index is 2.38. The molecule has 0 saturated heterocycles. The lowest BCUT2D eigenvalue weighted by Gasteiger charge is -2.26. The quantitative estimate of drug-likeness (QED) is 0.146. The largest absolute Gasteiger partial charge is 0.310 e. The zero-order chi connectivity index (χ0) is 40.3. The molecule has 284 valence electrons. The van der Waals surface area contributed by atoms with Crippen molar-refractivity contribution in [2.24, 2.45) is 0 Å². The van der Waals surface area contributed by atoms with Gasteiger partial charge in [-0.2, -0.15) is 0 Å². The molecule has 0 atom stereocenters. The van der Waals surface area contributed by atoms with Gasteiger partial charge in [-0.25, -0.2) is 0 Å². The summed E-state index contributed by atoms with van der Waals surface area (Å²) in [5.41, 5.74) is 18.3. The first-order valence-electron chi connectivity index (χ1n) is 21.1. The lowest BCUT2D eigenvalue weighted by Crippen LogP contribution is -2.10. The van der Waals surface area contributed by atoms with Gasteiger partial charge in [0.25, 0.3) is 0 Å². The second-order valence-corrected chi connectivity index (χ2v) is 16.1. The molecule has 0 unspecified atom stereocenters. The van der Waals surface area contributed by atoms with E-state index in [1.807, 2.05) is 0 Å². The normalized spacial score (nSPS) is 11.6. The van der Waals surface area contributed by atoms with E-state index in [1.54, 1.807) is 0 Å². The van der Waals surface area contributed by atoms with E-state index in [1.165, 1.54) is 99.1 Å². The van der Waals surface area contributed by atoms with Crippen LogP contribution in [0, 0.1) is 0 Å². The highest BCUT2D eigenvalue weighted by atomic mass is 15.1. The number of nitrogens with zero attached hydrogens (tertiary/aromatic N) is 1. The van der Waals surface area contributed by atoms with Crippen molar-refractivity contribution in [2.75, 3.05) is 4.90 Å². The van der Waals surface area contributed by atoms with Crippen molar-refractivity contribution < 1.29 is 0 Å². The van der Waals surface area contributed by atoms with Crippen LogP contribution in [-0.2, 0) is 0 Å². The van der Waals surface area contributed by atoms with E-state index in [4.69, 9.17) is 0 Å². The first-order chi connectivity index (χ1) is 30.2. The lowest BCUT2D eigenvalue weighted by molar-refractivity contribution is 1.28. The third-order valence-corrected chi connectivity index (χ3v) is 12.6. The van der Waals surface area contributed by atoms with Crippen LogP contribution in [0.15, 0.2) is 237 Å². The minimum Gasteiger partial charge on any atom is -0.310 e. The molecule has 0 fully saturated rings. The molecule has 61 heavy (non-hydrogen) atoms.